The van der Waals surface area contributed by atoms with Gasteiger partial charge in [-0.15, -0.1) is 0 Å². The highest BCUT2D eigenvalue weighted by Gasteiger charge is 2.30. The van der Waals surface area contributed by atoms with Crippen LogP contribution in [0.1, 0.15) is 48.7 Å². The number of rotatable bonds is 4. The van der Waals surface area contributed by atoms with Gasteiger partial charge in [0.25, 0.3) is 5.91 Å². The quantitative estimate of drug-likeness (QED) is 0.360. The average molecular weight is 611 g/mol. The molecular formula is C34H38N6O5. The van der Waals surface area contributed by atoms with Crippen LogP contribution in [-0.4, -0.2) is 76.5 Å². The molecule has 2 aromatic carbocycles. The van der Waals surface area contributed by atoms with Crippen LogP contribution in [0, 0.1) is 5.92 Å². The minimum absolute atomic E-state index is 0.0971. The summed E-state index contributed by atoms with van der Waals surface area (Å²) in [4.78, 5) is 51.8. The smallest absolute Gasteiger partial charge is 0.255 e. The average Bonchev–Trinajstić information content (AvgIpc) is 3.79. The number of para-hydroxylation sites is 1. The van der Waals surface area contributed by atoms with E-state index in [1.165, 1.54) is 4.90 Å². The van der Waals surface area contributed by atoms with E-state index < -0.39 is 11.9 Å². The molecule has 4 aromatic rings. The van der Waals surface area contributed by atoms with E-state index in [2.05, 4.69) is 15.6 Å². The molecule has 0 radical (unpaired) electrons. The molecule has 6 rings (SSSR count). The Labute approximate surface area is 261 Å². The number of ether oxygens (including phenoxy) is 2. The lowest BCUT2D eigenvalue weighted by Gasteiger charge is -2.26. The lowest BCUT2D eigenvalue weighted by molar-refractivity contribution is -0.130. The van der Waals surface area contributed by atoms with Crippen molar-refractivity contribution in [3.05, 3.63) is 72.2 Å². The Morgan fingerprint density at radius 1 is 1.09 bits per heavy atom. The molecule has 45 heavy (non-hydrogen) atoms. The molecule has 11 heteroatoms. The molecule has 3 amide bonds. The Morgan fingerprint density at radius 3 is 2.69 bits per heavy atom. The molecule has 0 unspecified atom stereocenters. The Morgan fingerprint density at radius 2 is 1.91 bits per heavy atom. The number of benzene rings is 2. The van der Waals surface area contributed by atoms with E-state index in [0.29, 0.717) is 41.9 Å². The van der Waals surface area contributed by atoms with Crippen LogP contribution in [0.4, 0.5) is 0 Å². The topological polar surface area (TPSA) is 128 Å². The first-order chi connectivity index (χ1) is 21.8. The summed E-state index contributed by atoms with van der Waals surface area (Å²) in [5.41, 5.74) is 2.94. The highest BCUT2D eigenvalue weighted by atomic mass is 16.5. The predicted octanol–water partition coefficient (Wildman–Crippen LogP) is 3.78. The Bertz CT molecular complexity index is 1730. The molecule has 1 fully saturated rings. The maximum atomic E-state index is 14.3. The van der Waals surface area contributed by atoms with Crippen molar-refractivity contribution in [1.29, 1.82) is 0 Å². The van der Waals surface area contributed by atoms with Gasteiger partial charge in [-0.2, -0.15) is 0 Å². The largest absolute Gasteiger partial charge is 0.493 e. The molecule has 2 N–H and O–H groups in total. The number of imidazole rings is 1. The number of hydrogen-bond acceptors (Lipinski definition) is 7. The van der Waals surface area contributed by atoms with Crippen LogP contribution in [0.25, 0.3) is 22.3 Å². The fraction of sp³-hybridized carbons (Fsp3) is 0.382. The van der Waals surface area contributed by atoms with E-state index in [-0.39, 0.29) is 37.4 Å². The van der Waals surface area contributed by atoms with Crippen molar-refractivity contribution >= 4 is 28.6 Å². The van der Waals surface area contributed by atoms with E-state index >= 15 is 0 Å². The number of aromatic nitrogens is 3. The number of nitrogens with zero attached hydrogens (tertiary/aromatic N) is 4. The molecule has 234 valence electrons. The minimum Gasteiger partial charge on any atom is -0.493 e. The van der Waals surface area contributed by atoms with Crippen molar-refractivity contribution in [3.63, 3.8) is 0 Å². The third-order valence-corrected chi connectivity index (χ3v) is 8.26. The van der Waals surface area contributed by atoms with Gasteiger partial charge in [0.05, 0.1) is 31.3 Å². The van der Waals surface area contributed by atoms with Crippen molar-refractivity contribution in [2.75, 3.05) is 33.4 Å². The summed E-state index contributed by atoms with van der Waals surface area (Å²) in [6.07, 6.45) is 5.64. The zero-order valence-electron chi connectivity index (χ0n) is 25.8. The first-order valence-corrected chi connectivity index (χ1v) is 15.4. The van der Waals surface area contributed by atoms with Crippen molar-refractivity contribution < 1.29 is 23.9 Å². The SMILES string of the molecule is COc1ccc2cc1OCCN(C(=O)c1cc(C3CC3)nc3ccccc13)CC(=O)N[C@H](C(C)C)C(=O)NCCn1ccnc1-2. The van der Waals surface area contributed by atoms with Crippen LogP contribution in [0.3, 0.4) is 0 Å². The van der Waals surface area contributed by atoms with Gasteiger partial charge >= 0.3 is 0 Å². The molecule has 1 aliphatic carbocycles. The van der Waals surface area contributed by atoms with Gasteiger partial charge in [0.15, 0.2) is 11.5 Å². The number of methoxy groups -OCH3 is 1. The molecule has 2 aliphatic rings. The summed E-state index contributed by atoms with van der Waals surface area (Å²) in [7, 11) is 1.57. The van der Waals surface area contributed by atoms with E-state index in [9.17, 15) is 14.4 Å². The number of carbonyl (C=O) groups excluding carboxylic acids is 3. The van der Waals surface area contributed by atoms with Gasteiger partial charge in [0.2, 0.25) is 11.8 Å². The highest BCUT2D eigenvalue weighted by Crippen LogP contribution is 2.40. The van der Waals surface area contributed by atoms with Gasteiger partial charge in [0.1, 0.15) is 18.5 Å². The van der Waals surface area contributed by atoms with E-state index in [0.717, 1.165) is 35.0 Å². The summed E-state index contributed by atoms with van der Waals surface area (Å²) < 4.78 is 13.7. The van der Waals surface area contributed by atoms with E-state index in [1.54, 1.807) is 13.3 Å². The summed E-state index contributed by atoms with van der Waals surface area (Å²) in [5.74, 6) is 0.875. The zero-order chi connectivity index (χ0) is 31.5. The predicted molar refractivity (Wildman–Crippen MR) is 169 cm³/mol. The molecular weight excluding hydrogens is 572 g/mol. The highest BCUT2D eigenvalue weighted by molar-refractivity contribution is 6.07. The van der Waals surface area contributed by atoms with Crippen molar-refractivity contribution in [3.8, 4) is 22.9 Å². The van der Waals surface area contributed by atoms with Crippen LogP contribution in [0.15, 0.2) is 60.9 Å². The van der Waals surface area contributed by atoms with E-state index in [1.807, 2.05) is 73.1 Å². The first kappa shape index (κ1) is 30.1. The summed E-state index contributed by atoms with van der Waals surface area (Å²) >= 11 is 0. The number of pyridine rings is 1. The molecule has 0 spiro atoms. The second-order valence-corrected chi connectivity index (χ2v) is 11.9. The van der Waals surface area contributed by atoms with Crippen LogP contribution in [-0.2, 0) is 16.1 Å². The zero-order valence-corrected chi connectivity index (χ0v) is 25.8. The third-order valence-electron chi connectivity index (χ3n) is 8.26. The maximum absolute atomic E-state index is 14.3. The minimum atomic E-state index is -0.772. The van der Waals surface area contributed by atoms with Gasteiger partial charge in [0, 0.05) is 48.0 Å². The summed E-state index contributed by atoms with van der Waals surface area (Å²) in [5, 5.41) is 6.55. The van der Waals surface area contributed by atoms with Crippen molar-refractivity contribution in [1.82, 2.24) is 30.1 Å². The first-order valence-electron chi connectivity index (χ1n) is 15.4. The van der Waals surface area contributed by atoms with Gasteiger partial charge in [-0.1, -0.05) is 32.0 Å². The molecule has 0 saturated heterocycles. The van der Waals surface area contributed by atoms with Gasteiger partial charge in [-0.05, 0) is 49.1 Å². The van der Waals surface area contributed by atoms with Crippen LogP contribution >= 0.6 is 0 Å². The van der Waals surface area contributed by atoms with Gasteiger partial charge in [-0.25, -0.2) is 4.98 Å². The molecule has 2 bridgehead atoms. The number of nitrogens with one attached hydrogen (secondary N) is 2. The lowest BCUT2D eigenvalue weighted by atomic mass is 10.0. The Kier molecular flexibility index (Phi) is 8.68. The number of amides is 3. The fourth-order valence-corrected chi connectivity index (χ4v) is 5.67. The fourth-order valence-electron chi connectivity index (χ4n) is 5.67. The number of fused-ring (bicyclic) bond motifs is 5. The maximum Gasteiger partial charge on any atom is 0.255 e. The summed E-state index contributed by atoms with van der Waals surface area (Å²) in [6, 6.07) is 14.2. The molecule has 3 heterocycles. The van der Waals surface area contributed by atoms with Crippen LogP contribution in [0.5, 0.6) is 11.5 Å². The molecule has 1 aliphatic heterocycles. The van der Waals surface area contributed by atoms with Gasteiger partial charge < -0.3 is 29.6 Å². The normalized spacial score (nSPS) is 18.0. The monoisotopic (exact) mass is 610 g/mol. The van der Waals surface area contributed by atoms with Gasteiger partial charge in [-0.3, -0.25) is 19.4 Å². The van der Waals surface area contributed by atoms with Crippen molar-refractivity contribution in [2.24, 2.45) is 5.92 Å². The standard InChI is InChI=1S/C34H38N6O5/c1-21(2)31-33(42)36-13-15-39-14-12-35-32(39)23-10-11-28(44-3)29(18-23)45-17-16-40(20-30(41)38-31)34(43)25-19-27(22-8-9-22)37-26-7-5-4-6-24(25)26/h4-7,10-12,14,18-19,21-22,31H,8-9,13,15-17,20H2,1-3H3,(H,36,42)(H,38,41)/t31-/m1/s1. The Balaban J connectivity index is 1.35. The van der Waals surface area contributed by atoms with Crippen LogP contribution < -0.4 is 20.1 Å². The molecule has 1 atom stereocenters. The molecule has 11 nitrogen and oxygen atoms in total. The summed E-state index contributed by atoms with van der Waals surface area (Å²) in [6.45, 7) is 4.53. The van der Waals surface area contributed by atoms with Crippen LogP contribution in [0.2, 0.25) is 0 Å². The Hall–Kier alpha value is -4.93. The van der Waals surface area contributed by atoms with Crippen molar-refractivity contribution in [2.45, 2.75) is 45.2 Å². The second-order valence-electron chi connectivity index (χ2n) is 11.9. The number of carbonyl (C=O) groups is 3. The third kappa shape index (κ3) is 6.62. The molecule has 2 aromatic heterocycles. The van der Waals surface area contributed by atoms with E-state index in [4.69, 9.17) is 14.5 Å². The lowest BCUT2D eigenvalue weighted by Crippen LogP contribution is -2.53. The molecule has 1 saturated carbocycles. The number of hydrogen-bond donors (Lipinski definition) is 2. The second kappa shape index (κ2) is 13.0.